The summed E-state index contributed by atoms with van der Waals surface area (Å²) in [6, 6.07) is -0.0633. The molecule has 2 saturated heterocycles. The summed E-state index contributed by atoms with van der Waals surface area (Å²) in [5.41, 5.74) is 0.106. The first-order valence-corrected chi connectivity index (χ1v) is 9.95. The molecule has 4 aliphatic rings. The van der Waals surface area contributed by atoms with Gasteiger partial charge in [-0.2, -0.15) is 0 Å². The van der Waals surface area contributed by atoms with Gasteiger partial charge in [-0.25, -0.2) is 4.79 Å². The fraction of sp³-hybridized carbons (Fsp3) is 0.706. The number of β-lactam (4-membered cyclic amide) rings is 1. The van der Waals surface area contributed by atoms with Gasteiger partial charge in [-0.1, -0.05) is 6.92 Å². The van der Waals surface area contributed by atoms with E-state index in [1.807, 2.05) is 6.92 Å². The standard InChI is InChI=1S/C17H24N4O4S/c1-7-12-11(8(2)22)16(23)21(12)13(17(24)25)14(7)26-9-5-10(20-6-9)15-18-3-4-19-15/h7-12,20,22H,3-6H2,1-2H3,(H,18,19)(H,24,25)/t7-,8-,9+,10+,11-,12-/m1/s1. The van der Waals surface area contributed by atoms with Gasteiger partial charge in [-0.3, -0.25) is 9.79 Å². The number of thioether (sulfide) groups is 1. The van der Waals surface area contributed by atoms with Gasteiger partial charge in [0.1, 0.15) is 11.5 Å². The van der Waals surface area contributed by atoms with Crippen LogP contribution in [0, 0.1) is 11.8 Å². The molecule has 142 valence electrons. The van der Waals surface area contributed by atoms with Gasteiger partial charge in [0.2, 0.25) is 5.91 Å². The van der Waals surface area contributed by atoms with Crippen LogP contribution in [-0.4, -0.2) is 75.9 Å². The second kappa shape index (κ2) is 6.54. The molecule has 0 saturated carbocycles. The number of carboxylic acids is 1. The number of aliphatic imine (C=N–C) groups is 1. The Kier molecular flexibility index (Phi) is 4.48. The molecule has 4 rings (SSSR count). The van der Waals surface area contributed by atoms with Gasteiger partial charge in [0.15, 0.2) is 0 Å². The highest BCUT2D eigenvalue weighted by atomic mass is 32.2. The van der Waals surface area contributed by atoms with E-state index in [4.69, 9.17) is 0 Å². The Balaban J connectivity index is 1.52. The molecule has 0 aromatic heterocycles. The third-order valence-corrected chi connectivity index (χ3v) is 7.24. The number of nitrogens with zero attached hydrogens (tertiary/aromatic N) is 2. The number of hydrogen-bond acceptors (Lipinski definition) is 7. The van der Waals surface area contributed by atoms with E-state index in [1.165, 1.54) is 4.90 Å². The molecule has 26 heavy (non-hydrogen) atoms. The Morgan fingerprint density at radius 2 is 2.23 bits per heavy atom. The van der Waals surface area contributed by atoms with Crippen LogP contribution in [0.25, 0.3) is 0 Å². The Hall–Kier alpha value is -1.58. The number of fused-ring (bicyclic) bond motifs is 1. The van der Waals surface area contributed by atoms with E-state index in [-0.39, 0.29) is 34.9 Å². The van der Waals surface area contributed by atoms with Crippen molar-refractivity contribution < 1.29 is 19.8 Å². The molecule has 4 N–H and O–H groups in total. The quantitative estimate of drug-likeness (QED) is 0.480. The monoisotopic (exact) mass is 380 g/mol. The molecule has 0 unspecified atom stereocenters. The van der Waals surface area contributed by atoms with Gasteiger partial charge in [-0.15, -0.1) is 11.8 Å². The topological polar surface area (TPSA) is 114 Å². The number of nitrogens with one attached hydrogen (secondary N) is 2. The summed E-state index contributed by atoms with van der Waals surface area (Å²) in [4.78, 5) is 30.8. The second-order valence-electron chi connectivity index (χ2n) is 7.40. The van der Waals surface area contributed by atoms with Gasteiger partial charge in [-0.05, 0) is 13.3 Å². The number of amides is 1. The van der Waals surface area contributed by atoms with Crippen LogP contribution in [0.1, 0.15) is 20.3 Å². The fourth-order valence-electron chi connectivity index (χ4n) is 4.51. The van der Waals surface area contributed by atoms with Crippen molar-refractivity contribution in [3.63, 3.8) is 0 Å². The molecule has 4 heterocycles. The van der Waals surface area contributed by atoms with Crippen molar-refractivity contribution >= 4 is 29.5 Å². The number of aliphatic hydroxyl groups excluding tert-OH is 1. The number of carboxylic acid groups (broad SMARTS) is 1. The Morgan fingerprint density at radius 3 is 2.85 bits per heavy atom. The molecule has 9 heteroatoms. The van der Waals surface area contributed by atoms with Crippen molar-refractivity contribution in [2.24, 2.45) is 16.8 Å². The molecule has 0 spiro atoms. The summed E-state index contributed by atoms with van der Waals surface area (Å²) < 4.78 is 0. The predicted molar refractivity (Wildman–Crippen MR) is 97.7 cm³/mol. The molecule has 1 amide bonds. The highest BCUT2D eigenvalue weighted by molar-refractivity contribution is 8.03. The van der Waals surface area contributed by atoms with Crippen LogP contribution < -0.4 is 10.6 Å². The summed E-state index contributed by atoms with van der Waals surface area (Å²) in [5.74, 6) is -0.943. The lowest BCUT2D eigenvalue weighted by molar-refractivity contribution is -0.163. The van der Waals surface area contributed by atoms with Crippen LogP contribution in [-0.2, 0) is 9.59 Å². The van der Waals surface area contributed by atoms with Crippen LogP contribution in [0.2, 0.25) is 0 Å². The van der Waals surface area contributed by atoms with Crippen molar-refractivity contribution in [1.29, 1.82) is 0 Å². The smallest absolute Gasteiger partial charge is 0.353 e. The minimum absolute atomic E-state index is 0.0793. The maximum absolute atomic E-state index is 12.4. The zero-order valence-corrected chi connectivity index (χ0v) is 15.6. The molecule has 0 bridgehead atoms. The van der Waals surface area contributed by atoms with E-state index in [2.05, 4.69) is 15.6 Å². The van der Waals surface area contributed by atoms with E-state index in [0.717, 1.165) is 36.8 Å². The summed E-state index contributed by atoms with van der Waals surface area (Å²) in [6.45, 7) is 6.00. The average Bonchev–Trinajstić information content (AvgIpc) is 3.28. The predicted octanol–water partition coefficient (Wildman–Crippen LogP) is -0.394. The maximum atomic E-state index is 12.4. The van der Waals surface area contributed by atoms with Gasteiger partial charge in [0.05, 0.1) is 30.7 Å². The molecular weight excluding hydrogens is 356 g/mol. The van der Waals surface area contributed by atoms with Crippen molar-refractivity contribution in [3.8, 4) is 0 Å². The normalized spacial score (nSPS) is 37.3. The lowest BCUT2D eigenvalue weighted by Crippen LogP contribution is -2.63. The number of rotatable bonds is 5. The maximum Gasteiger partial charge on any atom is 0.353 e. The first-order valence-electron chi connectivity index (χ1n) is 9.07. The largest absolute Gasteiger partial charge is 0.477 e. The van der Waals surface area contributed by atoms with Gasteiger partial charge in [0, 0.05) is 29.2 Å². The highest BCUT2D eigenvalue weighted by Crippen LogP contribution is 2.51. The van der Waals surface area contributed by atoms with Crippen LogP contribution >= 0.6 is 11.8 Å². The lowest BCUT2D eigenvalue weighted by Gasteiger charge is -2.46. The molecule has 8 nitrogen and oxygen atoms in total. The molecule has 6 atom stereocenters. The third kappa shape index (κ3) is 2.64. The zero-order chi connectivity index (χ0) is 18.6. The number of aliphatic carboxylic acids is 1. The van der Waals surface area contributed by atoms with E-state index in [9.17, 15) is 19.8 Å². The summed E-state index contributed by atoms with van der Waals surface area (Å²) in [6.07, 6.45) is 0.104. The Labute approximate surface area is 156 Å². The SMILES string of the molecule is C[C@@H](O)[C@H]1C(=O)N2C(C(=O)O)=C(S[C@@H]3CN[C@H](C4=NCCN4)C3)[C@H](C)[C@H]12. The van der Waals surface area contributed by atoms with Crippen LogP contribution in [0.15, 0.2) is 15.6 Å². The van der Waals surface area contributed by atoms with Crippen molar-refractivity contribution in [2.45, 2.75) is 43.7 Å². The number of aliphatic hydroxyl groups is 1. The molecular formula is C17H24N4O4S. The molecule has 4 aliphatic heterocycles. The van der Waals surface area contributed by atoms with Gasteiger partial charge < -0.3 is 25.7 Å². The van der Waals surface area contributed by atoms with E-state index in [0.29, 0.717) is 0 Å². The van der Waals surface area contributed by atoms with Crippen molar-refractivity contribution in [2.75, 3.05) is 19.6 Å². The van der Waals surface area contributed by atoms with Crippen molar-refractivity contribution in [3.05, 3.63) is 10.6 Å². The first kappa shape index (κ1) is 17.8. The van der Waals surface area contributed by atoms with E-state index in [1.54, 1.807) is 18.7 Å². The third-order valence-electron chi connectivity index (χ3n) is 5.73. The number of amidine groups is 1. The van der Waals surface area contributed by atoms with Gasteiger partial charge in [0.25, 0.3) is 0 Å². The lowest BCUT2D eigenvalue weighted by atomic mass is 9.79. The number of carbonyl (C=O) groups excluding carboxylic acids is 1. The van der Waals surface area contributed by atoms with Crippen LogP contribution in [0.4, 0.5) is 0 Å². The number of carbonyl (C=O) groups is 2. The van der Waals surface area contributed by atoms with E-state index < -0.39 is 18.0 Å². The van der Waals surface area contributed by atoms with Crippen molar-refractivity contribution in [1.82, 2.24) is 15.5 Å². The van der Waals surface area contributed by atoms with Crippen LogP contribution in [0.5, 0.6) is 0 Å². The molecule has 0 radical (unpaired) electrons. The van der Waals surface area contributed by atoms with Crippen LogP contribution in [0.3, 0.4) is 0 Å². The first-order chi connectivity index (χ1) is 12.4. The number of hydrogen-bond donors (Lipinski definition) is 4. The summed E-state index contributed by atoms with van der Waals surface area (Å²) in [7, 11) is 0. The Bertz CT molecular complexity index is 707. The molecule has 2 fully saturated rings. The highest BCUT2D eigenvalue weighted by Gasteiger charge is 2.60. The van der Waals surface area contributed by atoms with E-state index >= 15 is 0 Å². The molecule has 0 aliphatic carbocycles. The second-order valence-corrected chi connectivity index (χ2v) is 8.74. The fourth-order valence-corrected chi connectivity index (χ4v) is 5.99. The average molecular weight is 380 g/mol. The molecule has 0 aromatic carbocycles. The summed E-state index contributed by atoms with van der Waals surface area (Å²) in [5, 5.41) is 26.6. The minimum atomic E-state index is -1.07. The van der Waals surface area contributed by atoms with Gasteiger partial charge >= 0.3 is 5.97 Å². The summed E-state index contributed by atoms with van der Waals surface area (Å²) >= 11 is 1.56. The molecule has 0 aromatic rings. The zero-order valence-electron chi connectivity index (χ0n) is 14.8. The minimum Gasteiger partial charge on any atom is -0.477 e. The Morgan fingerprint density at radius 1 is 1.46 bits per heavy atom.